The highest BCUT2D eigenvalue weighted by Crippen LogP contribution is 2.26. The van der Waals surface area contributed by atoms with Crippen molar-refractivity contribution in [1.82, 2.24) is 10.6 Å². The third kappa shape index (κ3) is 6.98. The summed E-state index contributed by atoms with van der Waals surface area (Å²) in [5, 5.41) is 15.0. The molecule has 2 aromatic carbocycles. The van der Waals surface area contributed by atoms with Crippen LogP contribution in [0.25, 0.3) is 0 Å². The van der Waals surface area contributed by atoms with Crippen LogP contribution in [0.1, 0.15) is 61.1 Å². The van der Waals surface area contributed by atoms with E-state index in [1.54, 1.807) is 24.3 Å². The lowest BCUT2D eigenvalue weighted by atomic mass is 9.87. The molecule has 0 spiro atoms. The highest BCUT2D eigenvalue weighted by atomic mass is 19.1. The number of halogens is 1. The standard InChI is InChI=1S/C24H29FN2O4/c1-16-3-2-4-20(15-16)27-24(30)26-14-13-22(17-5-9-19(25)10-6-17)31-21-11-7-18(8-12-21)23(28)29/h5-12,16,20,22H,2-4,13-15H2,1H3,(H,28,29)(H2,26,27,30). The molecule has 1 saturated carbocycles. The predicted molar refractivity (Wildman–Crippen MR) is 116 cm³/mol. The molecule has 0 heterocycles. The molecule has 7 heteroatoms. The number of urea groups is 1. The van der Waals surface area contributed by atoms with Gasteiger partial charge in [0.1, 0.15) is 17.7 Å². The average molecular weight is 429 g/mol. The molecule has 31 heavy (non-hydrogen) atoms. The van der Waals surface area contributed by atoms with E-state index < -0.39 is 12.1 Å². The van der Waals surface area contributed by atoms with Crippen LogP contribution in [0, 0.1) is 11.7 Å². The maximum absolute atomic E-state index is 13.3. The molecule has 0 bridgehead atoms. The molecule has 0 aliphatic heterocycles. The molecule has 0 radical (unpaired) electrons. The van der Waals surface area contributed by atoms with E-state index >= 15 is 0 Å². The molecule has 6 nitrogen and oxygen atoms in total. The molecule has 2 amide bonds. The summed E-state index contributed by atoms with van der Waals surface area (Å²) in [4.78, 5) is 23.3. The monoisotopic (exact) mass is 428 g/mol. The maximum Gasteiger partial charge on any atom is 0.335 e. The van der Waals surface area contributed by atoms with Gasteiger partial charge in [0, 0.05) is 19.0 Å². The van der Waals surface area contributed by atoms with Crippen LogP contribution in [-0.4, -0.2) is 29.7 Å². The molecule has 2 aromatic rings. The van der Waals surface area contributed by atoms with Crippen LogP contribution >= 0.6 is 0 Å². The van der Waals surface area contributed by atoms with Gasteiger partial charge in [0.25, 0.3) is 0 Å². The second-order valence-corrected chi connectivity index (χ2v) is 8.15. The van der Waals surface area contributed by atoms with Crippen LogP contribution in [0.5, 0.6) is 5.75 Å². The highest BCUT2D eigenvalue weighted by Gasteiger charge is 2.21. The van der Waals surface area contributed by atoms with Crippen molar-refractivity contribution in [1.29, 1.82) is 0 Å². The van der Waals surface area contributed by atoms with E-state index in [4.69, 9.17) is 9.84 Å². The zero-order chi connectivity index (χ0) is 22.2. The number of carbonyl (C=O) groups excluding carboxylic acids is 1. The van der Waals surface area contributed by atoms with Gasteiger partial charge in [0.15, 0.2) is 0 Å². The summed E-state index contributed by atoms with van der Waals surface area (Å²) in [6.07, 6.45) is 4.40. The van der Waals surface area contributed by atoms with Crippen LogP contribution in [0.2, 0.25) is 0 Å². The number of carboxylic acids is 1. The Hall–Kier alpha value is -3.09. The molecular formula is C24H29FN2O4. The zero-order valence-electron chi connectivity index (χ0n) is 17.6. The first-order chi connectivity index (χ1) is 14.9. The number of hydrogen-bond acceptors (Lipinski definition) is 3. The summed E-state index contributed by atoms with van der Waals surface area (Å²) in [6, 6.07) is 12.2. The van der Waals surface area contributed by atoms with E-state index in [9.17, 15) is 14.0 Å². The topological polar surface area (TPSA) is 87.7 Å². The van der Waals surface area contributed by atoms with Gasteiger partial charge in [0.2, 0.25) is 0 Å². The van der Waals surface area contributed by atoms with Crippen LogP contribution in [-0.2, 0) is 0 Å². The van der Waals surface area contributed by atoms with Gasteiger partial charge in [0.05, 0.1) is 5.56 Å². The lowest BCUT2D eigenvalue weighted by molar-refractivity contribution is 0.0696. The minimum atomic E-state index is -1.01. The molecule has 3 rings (SSSR count). The summed E-state index contributed by atoms with van der Waals surface area (Å²) in [5.74, 6) is -0.223. The molecule has 0 aromatic heterocycles. The van der Waals surface area contributed by atoms with Gasteiger partial charge in [-0.2, -0.15) is 0 Å². The molecule has 1 aliphatic rings. The number of aromatic carboxylic acids is 1. The quantitative estimate of drug-likeness (QED) is 0.557. The van der Waals surface area contributed by atoms with E-state index in [2.05, 4.69) is 17.6 Å². The SMILES string of the molecule is CC1CCCC(NC(=O)NCCC(Oc2ccc(C(=O)O)cc2)c2ccc(F)cc2)C1. The number of carboxylic acid groups (broad SMARTS) is 1. The maximum atomic E-state index is 13.3. The Morgan fingerprint density at radius 1 is 1.13 bits per heavy atom. The van der Waals surface area contributed by atoms with Gasteiger partial charge in [-0.15, -0.1) is 0 Å². The summed E-state index contributed by atoms with van der Waals surface area (Å²) in [6.45, 7) is 2.59. The first kappa shape index (κ1) is 22.6. The van der Waals surface area contributed by atoms with Gasteiger partial charge in [-0.25, -0.2) is 14.0 Å². The van der Waals surface area contributed by atoms with Crippen molar-refractivity contribution in [3.8, 4) is 5.75 Å². The van der Waals surface area contributed by atoms with Crippen LogP contribution in [0.3, 0.4) is 0 Å². The Bertz CT molecular complexity index is 870. The largest absolute Gasteiger partial charge is 0.486 e. The molecule has 0 saturated heterocycles. The minimum Gasteiger partial charge on any atom is -0.486 e. The fourth-order valence-electron chi connectivity index (χ4n) is 3.93. The number of nitrogens with one attached hydrogen (secondary N) is 2. The van der Waals surface area contributed by atoms with E-state index in [-0.39, 0.29) is 23.5 Å². The van der Waals surface area contributed by atoms with Gasteiger partial charge >= 0.3 is 12.0 Å². The van der Waals surface area contributed by atoms with Crippen LogP contribution < -0.4 is 15.4 Å². The molecular weight excluding hydrogens is 399 g/mol. The normalized spacial score (nSPS) is 19.3. The Morgan fingerprint density at radius 2 is 1.84 bits per heavy atom. The predicted octanol–water partition coefficient (Wildman–Crippen LogP) is 4.91. The van der Waals surface area contributed by atoms with Crippen molar-refractivity contribution < 1.29 is 23.8 Å². The van der Waals surface area contributed by atoms with Crippen LogP contribution in [0.15, 0.2) is 48.5 Å². The Balaban J connectivity index is 1.58. The van der Waals surface area contributed by atoms with Gasteiger partial charge in [-0.1, -0.05) is 31.9 Å². The molecule has 1 fully saturated rings. The van der Waals surface area contributed by atoms with E-state index in [1.807, 2.05) is 0 Å². The van der Waals surface area contributed by atoms with Crippen molar-refractivity contribution in [2.24, 2.45) is 5.92 Å². The third-order valence-electron chi connectivity index (χ3n) is 5.59. The lowest BCUT2D eigenvalue weighted by Gasteiger charge is -2.27. The van der Waals surface area contributed by atoms with Crippen molar-refractivity contribution >= 4 is 12.0 Å². The number of carbonyl (C=O) groups is 2. The fraction of sp³-hybridized carbons (Fsp3) is 0.417. The zero-order valence-corrected chi connectivity index (χ0v) is 17.6. The molecule has 3 N–H and O–H groups in total. The fourth-order valence-corrected chi connectivity index (χ4v) is 3.93. The van der Waals surface area contributed by atoms with Crippen molar-refractivity contribution in [3.63, 3.8) is 0 Å². The van der Waals surface area contributed by atoms with Crippen molar-refractivity contribution in [2.45, 2.75) is 51.2 Å². The summed E-state index contributed by atoms with van der Waals surface area (Å²) in [5.41, 5.74) is 0.938. The number of amides is 2. The average Bonchev–Trinajstić information content (AvgIpc) is 2.74. The number of benzene rings is 2. The molecule has 166 valence electrons. The first-order valence-corrected chi connectivity index (χ1v) is 10.7. The first-order valence-electron chi connectivity index (χ1n) is 10.7. The van der Waals surface area contributed by atoms with Crippen molar-refractivity contribution in [2.75, 3.05) is 6.54 Å². The van der Waals surface area contributed by atoms with Crippen LogP contribution in [0.4, 0.5) is 9.18 Å². The molecule has 3 unspecified atom stereocenters. The van der Waals surface area contributed by atoms with Gasteiger partial charge in [-0.3, -0.25) is 0 Å². The second kappa shape index (κ2) is 10.8. The van der Waals surface area contributed by atoms with E-state index in [1.165, 1.54) is 30.7 Å². The number of rotatable bonds is 8. The highest BCUT2D eigenvalue weighted by molar-refractivity contribution is 5.87. The second-order valence-electron chi connectivity index (χ2n) is 8.15. The Kier molecular flexibility index (Phi) is 7.87. The molecule has 3 atom stereocenters. The van der Waals surface area contributed by atoms with E-state index in [0.29, 0.717) is 24.6 Å². The van der Waals surface area contributed by atoms with Crippen molar-refractivity contribution in [3.05, 3.63) is 65.5 Å². The summed E-state index contributed by atoms with van der Waals surface area (Å²) in [7, 11) is 0. The Labute approximate surface area is 181 Å². The summed E-state index contributed by atoms with van der Waals surface area (Å²) < 4.78 is 19.4. The summed E-state index contributed by atoms with van der Waals surface area (Å²) >= 11 is 0. The van der Waals surface area contributed by atoms with Gasteiger partial charge in [-0.05, 0) is 60.7 Å². The molecule has 1 aliphatic carbocycles. The Morgan fingerprint density at radius 3 is 2.48 bits per heavy atom. The number of ether oxygens (including phenoxy) is 1. The van der Waals surface area contributed by atoms with Gasteiger partial charge < -0.3 is 20.5 Å². The number of hydrogen-bond donors (Lipinski definition) is 3. The minimum absolute atomic E-state index is 0.168. The third-order valence-corrected chi connectivity index (χ3v) is 5.59. The lowest BCUT2D eigenvalue weighted by Crippen LogP contribution is -2.44. The van der Waals surface area contributed by atoms with E-state index in [0.717, 1.165) is 24.8 Å². The smallest absolute Gasteiger partial charge is 0.335 e.